The van der Waals surface area contributed by atoms with Crippen LogP contribution >= 0.6 is 11.6 Å². The second-order valence-corrected chi connectivity index (χ2v) is 8.14. The fourth-order valence-corrected chi connectivity index (χ4v) is 2.44. The zero-order valence-corrected chi connectivity index (χ0v) is 12.8. The van der Waals surface area contributed by atoms with E-state index >= 15 is 0 Å². The van der Waals surface area contributed by atoms with Crippen LogP contribution < -0.4 is 0 Å². The fourth-order valence-electron chi connectivity index (χ4n) is 1.68. The fraction of sp³-hybridized carbons (Fsp3) is 0.500. The number of hydrogen-bond donors (Lipinski definition) is 0. The van der Waals surface area contributed by atoms with Crippen molar-refractivity contribution >= 4 is 28.8 Å². The van der Waals surface area contributed by atoms with Crippen LogP contribution in [0.25, 0.3) is 0 Å². The standard InChI is InChI=1S/C14H17ClFNOS/c1-14(2,3)19(18)17-8-10-6-11(15)7-12(13(10)16)9-4-5-9/h6-9H,4-5H2,1-3H3/b17-8+. The zero-order valence-electron chi connectivity index (χ0n) is 11.2. The highest BCUT2D eigenvalue weighted by molar-refractivity contribution is 7.85. The predicted octanol–water partition coefficient (Wildman–Crippen LogP) is 4.24. The van der Waals surface area contributed by atoms with Gasteiger partial charge in [0.15, 0.2) is 0 Å². The molecule has 1 unspecified atom stereocenters. The van der Waals surface area contributed by atoms with E-state index in [-0.39, 0.29) is 11.7 Å². The largest absolute Gasteiger partial charge is 0.234 e. The third kappa shape index (κ3) is 3.63. The molecule has 5 heteroatoms. The maximum atomic E-state index is 14.2. The highest BCUT2D eigenvalue weighted by atomic mass is 35.5. The average Bonchev–Trinajstić information content (AvgIpc) is 3.12. The average molecular weight is 302 g/mol. The van der Waals surface area contributed by atoms with Gasteiger partial charge < -0.3 is 0 Å². The summed E-state index contributed by atoms with van der Waals surface area (Å²) in [5.74, 6) is -0.0134. The van der Waals surface area contributed by atoms with Crippen LogP contribution in [0.15, 0.2) is 16.5 Å². The first-order valence-corrected chi connectivity index (χ1v) is 7.72. The monoisotopic (exact) mass is 301 g/mol. The quantitative estimate of drug-likeness (QED) is 0.768. The molecule has 1 aliphatic carbocycles. The van der Waals surface area contributed by atoms with Gasteiger partial charge in [-0.3, -0.25) is 0 Å². The van der Waals surface area contributed by atoms with Gasteiger partial charge in [0.05, 0.1) is 4.75 Å². The minimum atomic E-state index is -1.39. The Morgan fingerprint density at radius 2 is 2.05 bits per heavy atom. The third-order valence-corrected chi connectivity index (χ3v) is 4.49. The molecule has 0 heterocycles. The number of nitrogens with zero attached hydrogens (tertiary/aromatic N) is 1. The lowest BCUT2D eigenvalue weighted by molar-refractivity contribution is 0.609. The van der Waals surface area contributed by atoms with Crippen LogP contribution in [-0.4, -0.2) is 15.2 Å². The van der Waals surface area contributed by atoms with Crippen LogP contribution in [-0.2, 0) is 11.0 Å². The van der Waals surface area contributed by atoms with Gasteiger partial charge in [-0.25, -0.2) is 8.60 Å². The summed E-state index contributed by atoms with van der Waals surface area (Å²) in [5, 5.41) is 0.492. The van der Waals surface area contributed by atoms with Crippen LogP contribution in [0, 0.1) is 5.82 Å². The topological polar surface area (TPSA) is 29.4 Å². The summed E-state index contributed by atoms with van der Waals surface area (Å²) in [6.07, 6.45) is 3.33. The van der Waals surface area contributed by atoms with Crippen molar-refractivity contribution in [3.63, 3.8) is 0 Å². The van der Waals surface area contributed by atoms with Gasteiger partial charge >= 0.3 is 0 Å². The van der Waals surface area contributed by atoms with Crippen molar-refractivity contribution in [3.05, 3.63) is 34.1 Å². The second-order valence-electron chi connectivity index (χ2n) is 5.77. The highest BCUT2D eigenvalue weighted by Crippen LogP contribution is 2.42. The maximum Gasteiger partial charge on any atom is 0.144 e. The van der Waals surface area contributed by atoms with Crippen molar-refractivity contribution in [2.45, 2.75) is 44.3 Å². The van der Waals surface area contributed by atoms with E-state index in [4.69, 9.17) is 11.6 Å². The normalized spacial score (nSPS) is 17.9. The van der Waals surface area contributed by atoms with Crippen molar-refractivity contribution < 1.29 is 8.60 Å². The molecule has 104 valence electrons. The molecule has 0 aliphatic heterocycles. The van der Waals surface area contributed by atoms with E-state index in [2.05, 4.69) is 4.40 Å². The number of benzene rings is 1. The van der Waals surface area contributed by atoms with E-state index in [1.165, 1.54) is 12.3 Å². The van der Waals surface area contributed by atoms with Crippen molar-refractivity contribution in [3.8, 4) is 0 Å². The van der Waals surface area contributed by atoms with Crippen molar-refractivity contribution in [1.82, 2.24) is 0 Å². The van der Waals surface area contributed by atoms with Gasteiger partial charge in [0.2, 0.25) is 0 Å². The Balaban J connectivity index is 2.30. The van der Waals surface area contributed by atoms with Crippen molar-refractivity contribution in [2.24, 2.45) is 4.40 Å². The second kappa shape index (κ2) is 5.33. The molecule has 2 nitrogen and oxygen atoms in total. The Morgan fingerprint density at radius 3 is 2.58 bits per heavy atom. The summed E-state index contributed by atoms with van der Waals surface area (Å²) in [5.41, 5.74) is 0.961. The molecule has 1 saturated carbocycles. The van der Waals surface area contributed by atoms with Gasteiger partial charge in [-0.1, -0.05) is 11.6 Å². The maximum absolute atomic E-state index is 14.2. The minimum Gasteiger partial charge on any atom is -0.234 e. The molecule has 1 aromatic carbocycles. The Labute approximate surface area is 120 Å². The molecule has 1 aliphatic rings. The SMILES string of the molecule is CC(C)(C)S(=O)/N=C/c1cc(Cl)cc(C2CC2)c1F. The summed E-state index contributed by atoms with van der Waals surface area (Å²) >= 11 is 5.99. The van der Waals surface area contributed by atoms with E-state index in [1.54, 1.807) is 6.07 Å². The molecule has 2 rings (SSSR count). The van der Waals surface area contributed by atoms with E-state index in [9.17, 15) is 8.60 Å². The van der Waals surface area contributed by atoms with Gasteiger partial charge in [-0.2, -0.15) is 4.40 Å². The van der Waals surface area contributed by atoms with Gasteiger partial charge in [0.25, 0.3) is 0 Å². The smallest absolute Gasteiger partial charge is 0.144 e. The predicted molar refractivity (Wildman–Crippen MR) is 78.9 cm³/mol. The molecule has 1 aromatic rings. The van der Waals surface area contributed by atoms with E-state index in [0.717, 1.165) is 12.8 Å². The third-order valence-electron chi connectivity index (χ3n) is 2.92. The molecule has 0 N–H and O–H groups in total. The summed E-state index contributed by atoms with van der Waals surface area (Å²) in [6.45, 7) is 5.47. The van der Waals surface area contributed by atoms with Gasteiger partial charge in [0, 0.05) is 16.8 Å². The van der Waals surface area contributed by atoms with Crippen LogP contribution in [0.4, 0.5) is 4.39 Å². The zero-order chi connectivity index (χ0) is 14.2. The summed E-state index contributed by atoms with van der Waals surface area (Å²) in [4.78, 5) is 0. The number of hydrogen-bond acceptors (Lipinski definition) is 1. The van der Waals surface area contributed by atoms with Crippen LogP contribution in [0.2, 0.25) is 5.02 Å². The molecule has 0 bridgehead atoms. The summed E-state index contributed by atoms with van der Waals surface area (Å²) < 4.78 is 29.5. The highest BCUT2D eigenvalue weighted by Gasteiger charge is 2.28. The van der Waals surface area contributed by atoms with Gasteiger partial charge in [-0.05, 0) is 57.2 Å². The summed E-state index contributed by atoms with van der Waals surface area (Å²) in [6, 6.07) is 3.19. The first-order valence-electron chi connectivity index (χ1n) is 6.24. The molecule has 0 aromatic heterocycles. The van der Waals surface area contributed by atoms with E-state index in [0.29, 0.717) is 16.1 Å². The van der Waals surface area contributed by atoms with Gasteiger partial charge in [0.1, 0.15) is 16.8 Å². The van der Waals surface area contributed by atoms with Crippen molar-refractivity contribution in [2.75, 3.05) is 0 Å². The Kier molecular flexibility index (Phi) is 4.11. The van der Waals surface area contributed by atoms with Gasteiger partial charge in [-0.15, -0.1) is 0 Å². The van der Waals surface area contributed by atoms with E-state index in [1.807, 2.05) is 20.8 Å². The molecule has 0 radical (unpaired) electrons. The molecule has 0 amide bonds. The first kappa shape index (κ1) is 14.7. The lowest BCUT2D eigenvalue weighted by atomic mass is 10.1. The molecule has 1 atom stereocenters. The first-order chi connectivity index (χ1) is 8.79. The molecular formula is C14H17ClFNOS. The number of halogens is 2. The lowest BCUT2D eigenvalue weighted by Crippen LogP contribution is -2.19. The number of rotatable bonds is 3. The molecular weight excluding hydrogens is 285 g/mol. The molecule has 1 fully saturated rings. The minimum absolute atomic E-state index is 0.277. The summed E-state index contributed by atoms with van der Waals surface area (Å²) in [7, 11) is -1.39. The molecule has 0 saturated heterocycles. The van der Waals surface area contributed by atoms with Crippen LogP contribution in [0.5, 0.6) is 0 Å². The molecule has 0 spiro atoms. The molecule has 19 heavy (non-hydrogen) atoms. The van der Waals surface area contributed by atoms with Crippen molar-refractivity contribution in [1.29, 1.82) is 0 Å². The Hall–Kier alpha value is -0.740. The Bertz CT molecular complexity index is 547. The van der Waals surface area contributed by atoms with Crippen LogP contribution in [0.1, 0.15) is 50.7 Å². The lowest BCUT2D eigenvalue weighted by Gasteiger charge is -2.13. The van der Waals surface area contributed by atoms with Crippen LogP contribution in [0.3, 0.4) is 0 Å². The Morgan fingerprint density at radius 1 is 1.42 bits per heavy atom. The van der Waals surface area contributed by atoms with E-state index < -0.39 is 15.7 Å².